The predicted molar refractivity (Wildman–Crippen MR) is 90.4 cm³/mol. The van der Waals surface area contributed by atoms with Crippen LogP contribution in [0.15, 0.2) is 41.4 Å². The molecule has 0 aliphatic heterocycles. The lowest BCUT2D eigenvalue weighted by molar-refractivity contribution is 0.354. The molecule has 0 saturated carbocycles. The largest absolute Gasteiger partial charge is 0.504 e. The fraction of sp³-hybridized carbons (Fsp3) is 0.278. The summed E-state index contributed by atoms with van der Waals surface area (Å²) in [6, 6.07) is 11.1. The molecule has 5 nitrogen and oxygen atoms in total. The number of hydrogen-bond donors (Lipinski definition) is 1. The molecule has 0 spiro atoms. The number of methoxy groups -OCH3 is 3. The summed E-state index contributed by atoms with van der Waals surface area (Å²) in [5.41, 5.74) is 1.74. The van der Waals surface area contributed by atoms with Crippen molar-refractivity contribution in [3.63, 3.8) is 0 Å². The van der Waals surface area contributed by atoms with Crippen LogP contribution in [0.25, 0.3) is 0 Å². The van der Waals surface area contributed by atoms with Gasteiger partial charge in [-0.25, -0.2) is 0 Å². The van der Waals surface area contributed by atoms with Crippen LogP contribution in [0.2, 0.25) is 0 Å². The monoisotopic (exact) mass is 315 g/mol. The molecule has 2 rings (SSSR count). The molecule has 0 aromatic heterocycles. The third kappa shape index (κ3) is 4.16. The first-order valence-electron chi connectivity index (χ1n) is 7.26. The highest BCUT2D eigenvalue weighted by atomic mass is 16.5. The smallest absolute Gasteiger partial charge is 0.166 e. The van der Waals surface area contributed by atoms with E-state index in [9.17, 15) is 5.11 Å². The van der Waals surface area contributed by atoms with Crippen LogP contribution in [0, 0.1) is 0 Å². The van der Waals surface area contributed by atoms with Gasteiger partial charge in [-0.1, -0.05) is 12.1 Å². The Morgan fingerprint density at radius 3 is 2.39 bits per heavy atom. The topological polar surface area (TPSA) is 60.3 Å². The number of para-hydroxylation sites is 1. The van der Waals surface area contributed by atoms with Gasteiger partial charge in [0.2, 0.25) is 0 Å². The van der Waals surface area contributed by atoms with Gasteiger partial charge in [-0.2, -0.15) is 0 Å². The number of hydrogen-bond acceptors (Lipinski definition) is 5. The number of ether oxygens (including phenoxy) is 3. The molecule has 0 aliphatic carbocycles. The van der Waals surface area contributed by atoms with E-state index in [0.717, 1.165) is 12.0 Å². The van der Waals surface area contributed by atoms with E-state index in [4.69, 9.17) is 14.2 Å². The lowest BCUT2D eigenvalue weighted by Crippen LogP contribution is -1.95. The van der Waals surface area contributed by atoms with Crippen LogP contribution < -0.4 is 14.2 Å². The summed E-state index contributed by atoms with van der Waals surface area (Å²) in [4.78, 5) is 4.36. The zero-order chi connectivity index (χ0) is 16.7. The first-order valence-corrected chi connectivity index (χ1v) is 7.26. The van der Waals surface area contributed by atoms with Crippen LogP contribution in [-0.2, 0) is 6.42 Å². The van der Waals surface area contributed by atoms with E-state index < -0.39 is 0 Å². The maximum Gasteiger partial charge on any atom is 0.166 e. The standard InChI is InChI=1S/C18H21NO4/c1-21-15-8-7-13(11-17(15)23-3)9-10-19-12-14-5-4-6-16(22-2)18(14)20/h4-8,11-12,20H,9-10H2,1-3H3. The lowest BCUT2D eigenvalue weighted by Gasteiger charge is -2.08. The third-order valence-corrected chi connectivity index (χ3v) is 3.46. The molecule has 0 atom stereocenters. The van der Waals surface area contributed by atoms with Crippen molar-refractivity contribution in [2.24, 2.45) is 4.99 Å². The second-order valence-electron chi connectivity index (χ2n) is 4.87. The van der Waals surface area contributed by atoms with E-state index in [1.54, 1.807) is 32.6 Å². The maximum atomic E-state index is 9.98. The quantitative estimate of drug-likeness (QED) is 0.798. The number of nitrogens with zero attached hydrogens (tertiary/aromatic N) is 1. The van der Waals surface area contributed by atoms with Crippen molar-refractivity contribution in [3.05, 3.63) is 47.5 Å². The van der Waals surface area contributed by atoms with E-state index in [1.165, 1.54) is 7.11 Å². The predicted octanol–water partition coefficient (Wildman–Crippen LogP) is 3.08. The van der Waals surface area contributed by atoms with Crippen LogP contribution >= 0.6 is 0 Å². The van der Waals surface area contributed by atoms with E-state index in [-0.39, 0.29) is 5.75 Å². The Kier molecular flexibility index (Phi) is 5.86. The van der Waals surface area contributed by atoms with Crippen molar-refractivity contribution < 1.29 is 19.3 Å². The molecule has 122 valence electrons. The van der Waals surface area contributed by atoms with Gasteiger partial charge in [-0.3, -0.25) is 4.99 Å². The molecule has 0 bridgehead atoms. The normalized spacial score (nSPS) is 10.7. The van der Waals surface area contributed by atoms with Crippen molar-refractivity contribution in [2.75, 3.05) is 27.9 Å². The molecule has 5 heteroatoms. The molecule has 1 N–H and O–H groups in total. The van der Waals surface area contributed by atoms with Crippen LogP contribution in [0.5, 0.6) is 23.0 Å². The minimum absolute atomic E-state index is 0.102. The number of benzene rings is 2. The van der Waals surface area contributed by atoms with Crippen molar-refractivity contribution in [2.45, 2.75) is 6.42 Å². The second kappa shape index (κ2) is 8.08. The molecular formula is C18H21NO4. The summed E-state index contributed by atoms with van der Waals surface area (Å²) in [5.74, 6) is 1.96. The average Bonchev–Trinajstić information content (AvgIpc) is 2.59. The van der Waals surface area contributed by atoms with Gasteiger partial charge in [0, 0.05) is 18.3 Å². The Hall–Kier alpha value is -2.69. The molecule has 0 saturated heterocycles. The van der Waals surface area contributed by atoms with E-state index in [0.29, 0.717) is 29.4 Å². The fourth-order valence-corrected chi connectivity index (χ4v) is 2.20. The van der Waals surface area contributed by atoms with Gasteiger partial charge in [-0.15, -0.1) is 0 Å². The van der Waals surface area contributed by atoms with E-state index in [1.807, 2.05) is 24.3 Å². The number of rotatable bonds is 7. The molecule has 0 heterocycles. The van der Waals surface area contributed by atoms with Gasteiger partial charge in [-0.05, 0) is 36.2 Å². The summed E-state index contributed by atoms with van der Waals surface area (Å²) in [7, 11) is 4.75. The van der Waals surface area contributed by atoms with Crippen molar-refractivity contribution in [1.29, 1.82) is 0 Å². The summed E-state index contributed by atoms with van der Waals surface area (Å²) in [6.45, 7) is 0.603. The zero-order valence-corrected chi connectivity index (χ0v) is 13.6. The first-order chi connectivity index (χ1) is 11.2. The van der Waals surface area contributed by atoms with Gasteiger partial charge < -0.3 is 19.3 Å². The highest BCUT2D eigenvalue weighted by Crippen LogP contribution is 2.29. The van der Waals surface area contributed by atoms with Crippen LogP contribution in [0.4, 0.5) is 0 Å². The summed E-state index contributed by atoms with van der Waals surface area (Å²) in [6.07, 6.45) is 2.42. The molecule has 0 aliphatic rings. The molecule has 0 radical (unpaired) electrons. The number of phenols is 1. The summed E-state index contributed by atoms with van der Waals surface area (Å²) < 4.78 is 15.6. The Labute approximate surface area is 136 Å². The molecule has 0 amide bonds. The van der Waals surface area contributed by atoms with Crippen molar-refractivity contribution in [3.8, 4) is 23.0 Å². The van der Waals surface area contributed by atoms with E-state index in [2.05, 4.69) is 4.99 Å². The Balaban J connectivity index is 2.00. The van der Waals surface area contributed by atoms with Crippen molar-refractivity contribution >= 4 is 6.21 Å². The van der Waals surface area contributed by atoms with Crippen molar-refractivity contribution in [1.82, 2.24) is 0 Å². The lowest BCUT2D eigenvalue weighted by atomic mass is 10.1. The van der Waals surface area contributed by atoms with Gasteiger partial charge in [0.05, 0.1) is 21.3 Å². The third-order valence-electron chi connectivity index (χ3n) is 3.46. The molecule has 2 aromatic carbocycles. The fourth-order valence-electron chi connectivity index (χ4n) is 2.20. The second-order valence-corrected chi connectivity index (χ2v) is 4.87. The van der Waals surface area contributed by atoms with E-state index >= 15 is 0 Å². The van der Waals surface area contributed by atoms with Gasteiger partial charge in [0.15, 0.2) is 23.0 Å². The van der Waals surface area contributed by atoms with Gasteiger partial charge >= 0.3 is 0 Å². The van der Waals surface area contributed by atoms with Crippen LogP contribution in [0.3, 0.4) is 0 Å². The molecule has 23 heavy (non-hydrogen) atoms. The zero-order valence-electron chi connectivity index (χ0n) is 13.6. The Morgan fingerprint density at radius 1 is 0.957 bits per heavy atom. The highest BCUT2D eigenvalue weighted by molar-refractivity contribution is 5.84. The maximum absolute atomic E-state index is 9.98. The minimum Gasteiger partial charge on any atom is -0.504 e. The van der Waals surface area contributed by atoms with Crippen LogP contribution in [0.1, 0.15) is 11.1 Å². The number of phenolic OH excluding ortho intramolecular Hbond substituents is 1. The average molecular weight is 315 g/mol. The summed E-state index contributed by atoms with van der Waals surface area (Å²) >= 11 is 0. The minimum atomic E-state index is 0.102. The van der Waals surface area contributed by atoms with Crippen LogP contribution in [-0.4, -0.2) is 39.2 Å². The highest BCUT2D eigenvalue weighted by Gasteiger charge is 2.05. The Bertz CT molecular complexity index is 683. The molecule has 0 unspecified atom stereocenters. The molecular weight excluding hydrogens is 294 g/mol. The van der Waals surface area contributed by atoms with Gasteiger partial charge in [0.25, 0.3) is 0 Å². The Morgan fingerprint density at radius 2 is 1.70 bits per heavy atom. The SMILES string of the molecule is COc1ccc(CCN=Cc2cccc(OC)c2O)cc1OC. The molecule has 2 aromatic rings. The first kappa shape index (κ1) is 16.7. The molecule has 0 fully saturated rings. The number of aromatic hydroxyl groups is 1. The summed E-state index contributed by atoms with van der Waals surface area (Å²) in [5, 5.41) is 9.98. The van der Waals surface area contributed by atoms with Gasteiger partial charge in [0.1, 0.15) is 0 Å². The number of aliphatic imine (C=N–C) groups is 1.